The molecule has 2 aromatic rings. The van der Waals surface area contributed by atoms with Gasteiger partial charge in [-0.25, -0.2) is 0 Å². The molecule has 0 saturated carbocycles. The number of carbonyl (C=O) groups is 2. The van der Waals surface area contributed by atoms with Crippen molar-refractivity contribution in [3.8, 4) is 0 Å². The summed E-state index contributed by atoms with van der Waals surface area (Å²) in [6.45, 7) is 4.53. The topological polar surface area (TPSA) is 66.6 Å². The van der Waals surface area contributed by atoms with Crippen molar-refractivity contribution in [2.24, 2.45) is 17.6 Å². The van der Waals surface area contributed by atoms with E-state index in [1.807, 2.05) is 35.2 Å². The van der Waals surface area contributed by atoms with E-state index >= 15 is 0 Å². The van der Waals surface area contributed by atoms with Gasteiger partial charge in [-0.1, -0.05) is 41.9 Å². The van der Waals surface area contributed by atoms with Crippen molar-refractivity contribution < 1.29 is 9.59 Å². The molecule has 2 amide bonds. The molecule has 2 aromatic carbocycles. The minimum absolute atomic E-state index is 0.0351. The van der Waals surface area contributed by atoms with Crippen molar-refractivity contribution in [1.29, 1.82) is 0 Å². The molecule has 1 radical (unpaired) electrons. The van der Waals surface area contributed by atoms with E-state index in [0.29, 0.717) is 28.0 Å². The Bertz CT molecular complexity index is 903. The Kier molecular flexibility index (Phi) is 5.88. The maximum atomic E-state index is 12.8. The Morgan fingerprint density at radius 2 is 1.59 bits per heavy atom. The van der Waals surface area contributed by atoms with Crippen LogP contribution in [-0.4, -0.2) is 54.3 Å². The van der Waals surface area contributed by atoms with Gasteiger partial charge >= 0.3 is 0 Å². The highest BCUT2D eigenvalue weighted by Crippen LogP contribution is 2.32. The predicted molar refractivity (Wildman–Crippen MR) is 114 cm³/mol. The highest BCUT2D eigenvalue weighted by atomic mass is 35.5. The molecule has 2 atom stereocenters. The lowest BCUT2D eigenvalue weighted by atomic mass is 10.0. The third-order valence-electron chi connectivity index (χ3n) is 5.99. The largest absolute Gasteiger partial charge is 0.366 e. The normalized spacial score (nSPS) is 21.3. The molecule has 4 rings (SSSR count). The first-order chi connectivity index (χ1) is 14.0. The molecule has 0 spiro atoms. The number of hydrogen-bond donors (Lipinski definition) is 1. The third-order valence-corrected chi connectivity index (χ3v) is 6.32. The van der Waals surface area contributed by atoms with Crippen molar-refractivity contribution >= 4 is 23.4 Å². The second-order valence-corrected chi connectivity index (χ2v) is 8.32. The molecule has 151 valence electrons. The van der Waals surface area contributed by atoms with E-state index in [1.165, 1.54) is 0 Å². The zero-order valence-electron chi connectivity index (χ0n) is 16.3. The van der Waals surface area contributed by atoms with E-state index in [-0.39, 0.29) is 5.91 Å². The zero-order valence-corrected chi connectivity index (χ0v) is 17.0. The van der Waals surface area contributed by atoms with Crippen LogP contribution in [0.2, 0.25) is 5.02 Å². The second kappa shape index (κ2) is 8.56. The number of benzene rings is 2. The Labute approximate surface area is 176 Å². The number of rotatable bonds is 6. The van der Waals surface area contributed by atoms with Gasteiger partial charge in [0.15, 0.2) is 0 Å². The van der Waals surface area contributed by atoms with Crippen LogP contribution < -0.4 is 5.73 Å². The summed E-state index contributed by atoms with van der Waals surface area (Å²) >= 11 is 6.19. The van der Waals surface area contributed by atoms with Gasteiger partial charge in [0.1, 0.15) is 0 Å². The lowest BCUT2D eigenvalue weighted by molar-refractivity contribution is 0.0774. The molecule has 0 aliphatic carbocycles. The van der Waals surface area contributed by atoms with Crippen molar-refractivity contribution in [2.75, 3.05) is 32.7 Å². The molecule has 2 heterocycles. The number of hydrogen-bond acceptors (Lipinski definition) is 3. The SMILES string of the molecule is NC(=O)c1ccccc1[CH]CCN1CC2CN(C(=O)c3ccccc3Cl)C[C@@H]2C1. The molecular formula is C23H25ClN3O2. The number of primary amides is 1. The predicted octanol–water partition coefficient (Wildman–Crippen LogP) is 3.09. The first kappa shape index (κ1) is 19.9. The van der Waals surface area contributed by atoms with Crippen molar-refractivity contribution in [3.63, 3.8) is 0 Å². The van der Waals surface area contributed by atoms with Gasteiger partial charge < -0.3 is 15.5 Å². The van der Waals surface area contributed by atoms with Gasteiger partial charge in [-0.15, -0.1) is 0 Å². The lowest BCUT2D eigenvalue weighted by Crippen LogP contribution is -2.33. The fourth-order valence-electron chi connectivity index (χ4n) is 4.55. The number of amides is 2. The number of fused-ring (bicyclic) bond motifs is 1. The average molecular weight is 411 g/mol. The van der Waals surface area contributed by atoms with Crippen molar-refractivity contribution in [3.05, 3.63) is 76.7 Å². The van der Waals surface area contributed by atoms with E-state index < -0.39 is 5.91 Å². The van der Waals surface area contributed by atoms with Gasteiger partial charge in [0.2, 0.25) is 5.91 Å². The van der Waals surface area contributed by atoms with E-state index in [9.17, 15) is 9.59 Å². The number of likely N-dealkylation sites (tertiary alicyclic amines) is 2. The van der Waals surface area contributed by atoms with Crippen LogP contribution in [-0.2, 0) is 0 Å². The molecule has 2 saturated heterocycles. The Hall–Kier alpha value is -2.37. The zero-order chi connectivity index (χ0) is 20.4. The smallest absolute Gasteiger partial charge is 0.255 e. The molecule has 29 heavy (non-hydrogen) atoms. The Morgan fingerprint density at radius 1 is 0.966 bits per heavy atom. The monoisotopic (exact) mass is 410 g/mol. The summed E-state index contributed by atoms with van der Waals surface area (Å²) in [5, 5.41) is 0.517. The fraction of sp³-hybridized carbons (Fsp3) is 0.348. The molecule has 2 aliphatic heterocycles. The first-order valence-electron chi connectivity index (χ1n) is 10.0. The summed E-state index contributed by atoms with van der Waals surface area (Å²) in [5.74, 6) is 0.669. The molecular weight excluding hydrogens is 386 g/mol. The minimum atomic E-state index is -0.393. The molecule has 0 bridgehead atoms. The summed E-state index contributed by atoms with van der Waals surface area (Å²) in [7, 11) is 0. The number of halogens is 1. The summed E-state index contributed by atoms with van der Waals surface area (Å²) in [5.41, 5.74) is 7.51. The van der Waals surface area contributed by atoms with Crippen LogP contribution >= 0.6 is 11.6 Å². The van der Waals surface area contributed by atoms with Gasteiger partial charge in [0, 0.05) is 31.7 Å². The van der Waals surface area contributed by atoms with Crippen LogP contribution in [0, 0.1) is 18.3 Å². The van der Waals surface area contributed by atoms with Crippen LogP contribution in [0.5, 0.6) is 0 Å². The fourth-order valence-corrected chi connectivity index (χ4v) is 4.76. The minimum Gasteiger partial charge on any atom is -0.366 e. The summed E-state index contributed by atoms with van der Waals surface area (Å²) < 4.78 is 0. The Morgan fingerprint density at radius 3 is 2.24 bits per heavy atom. The van der Waals surface area contributed by atoms with Gasteiger partial charge in [0.25, 0.3) is 5.91 Å². The third kappa shape index (κ3) is 4.31. The van der Waals surface area contributed by atoms with Crippen LogP contribution in [0.3, 0.4) is 0 Å². The summed E-state index contributed by atoms with van der Waals surface area (Å²) in [6, 6.07) is 14.7. The van der Waals surface area contributed by atoms with Crippen molar-refractivity contribution in [2.45, 2.75) is 6.42 Å². The maximum absolute atomic E-state index is 12.8. The summed E-state index contributed by atoms with van der Waals surface area (Å²) in [4.78, 5) is 28.7. The number of nitrogens with zero attached hydrogens (tertiary/aromatic N) is 2. The van der Waals surface area contributed by atoms with Gasteiger partial charge in [-0.05, 0) is 55.0 Å². The van der Waals surface area contributed by atoms with Crippen LogP contribution in [0.25, 0.3) is 0 Å². The highest BCUT2D eigenvalue weighted by Gasteiger charge is 2.41. The lowest BCUT2D eigenvalue weighted by Gasteiger charge is -2.22. The molecule has 2 N–H and O–H groups in total. The van der Waals surface area contributed by atoms with E-state index in [2.05, 4.69) is 11.3 Å². The molecule has 5 nitrogen and oxygen atoms in total. The summed E-state index contributed by atoms with van der Waals surface area (Å²) in [6.07, 6.45) is 2.95. The average Bonchev–Trinajstić information content (AvgIpc) is 3.27. The van der Waals surface area contributed by atoms with Gasteiger partial charge in [-0.3, -0.25) is 9.59 Å². The van der Waals surface area contributed by atoms with E-state index in [0.717, 1.165) is 44.7 Å². The van der Waals surface area contributed by atoms with Crippen LogP contribution in [0.1, 0.15) is 32.7 Å². The number of carbonyl (C=O) groups excluding carboxylic acids is 2. The van der Waals surface area contributed by atoms with Gasteiger partial charge in [-0.2, -0.15) is 0 Å². The van der Waals surface area contributed by atoms with Crippen LogP contribution in [0.15, 0.2) is 48.5 Å². The molecule has 2 aliphatic rings. The highest BCUT2D eigenvalue weighted by molar-refractivity contribution is 6.33. The molecule has 2 fully saturated rings. The van der Waals surface area contributed by atoms with E-state index in [1.54, 1.807) is 18.2 Å². The van der Waals surface area contributed by atoms with Gasteiger partial charge in [0.05, 0.1) is 10.6 Å². The quantitative estimate of drug-likeness (QED) is 0.795. The maximum Gasteiger partial charge on any atom is 0.255 e. The molecule has 1 unspecified atom stereocenters. The molecule has 0 aromatic heterocycles. The second-order valence-electron chi connectivity index (χ2n) is 7.91. The van der Waals surface area contributed by atoms with E-state index in [4.69, 9.17) is 17.3 Å². The van der Waals surface area contributed by atoms with Crippen LogP contribution in [0.4, 0.5) is 0 Å². The standard InChI is InChI=1S/C23H25ClN3O2/c24-21-10-4-3-9-20(21)23(29)27-14-17-12-26(13-18(17)15-27)11-5-7-16-6-1-2-8-19(16)22(25)28/h1-4,6-10,17-18H,5,11-15H2,(H2,25,28)/t17-,18?/m0/s1. The number of nitrogens with two attached hydrogens (primary N) is 1. The Balaban J connectivity index is 1.27. The van der Waals surface area contributed by atoms with Crippen molar-refractivity contribution in [1.82, 2.24) is 9.80 Å². The molecule has 6 heteroatoms. The first-order valence-corrected chi connectivity index (χ1v) is 10.4.